The van der Waals surface area contributed by atoms with Crippen molar-refractivity contribution < 1.29 is 0 Å². The van der Waals surface area contributed by atoms with E-state index in [0.717, 1.165) is 18.8 Å². The monoisotopic (exact) mass is 329 g/mol. The number of piperidine rings is 1. The highest BCUT2D eigenvalue weighted by Gasteiger charge is 2.32. The van der Waals surface area contributed by atoms with E-state index in [2.05, 4.69) is 45.9 Å². The minimum Gasteiger partial charge on any atom is -0.368 e. The minimum atomic E-state index is -0.472. The van der Waals surface area contributed by atoms with E-state index < -0.39 is 6.29 Å². The van der Waals surface area contributed by atoms with Gasteiger partial charge in [-0.05, 0) is 49.7 Å². The molecule has 3 aliphatic heterocycles. The number of hydrazine groups is 1. The lowest BCUT2D eigenvalue weighted by Gasteiger charge is -2.41. The van der Waals surface area contributed by atoms with Gasteiger partial charge in [-0.3, -0.25) is 11.2 Å². The van der Waals surface area contributed by atoms with Crippen LogP contribution in [0, 0.1) is 0 Å². The first kappa shape index (κ1) is 15.7. The van der Waals surface area contributed by atoms with Gasteiger partial charge >= 0.3 is 0 Å². The molecule has 1 aromatic carbocycles. The number of anilines is 1. The van der Waals surface area contributed by atoms with Crippen molar-refractivity contribution in [2.24, 2.45) is 16.5 Å². The zero-order chi connectivity index (χ0) is 16.7. The molecular weight excluding hydrogens is 302 g/mol. The number of nitrogens with one attached hydrogen (secondary N) is 2. The van der Waals surface area contributed by atoms with E-state index in [1.54, 1.807) is 0 Å². The third kappa shape index (κ3) is 2.72. The van der Waals surface area contributed by atoms with Crippen LogP contribution in [0.4, 0.5) is 5.69 Å². The van der Waals surface area contributed by atoms with Gasteiger partial charge < -0.3 is 16.0 Å². The fourth-order valence-electron chi connectivity index (χ4n) is 4.32. The average Bonchev–Trinajstić information content (AvgIpc) is 2.93. The number of hydrogen-bond donors (Lipinski definition) is 4. The lowest BCUT2D eigenvalue weighted by Crippen LogP contribution is -2.47. The molecular formula is C17H27N7. The SMILES string of the molecule is CN1CCCCC1C1CNCc2cc(N3NC(N)=NC3N)ccc21. The summed E-state index contributed by atoms with van der Waals surface area (Å²) in [6.45, 7) is 3.16. The fraction of sp³-hybridized carbons (Fsp3) is 0.588. The number of rotatable bonds is 2. The Morgan fingerprint density at radius 2 is 2.17 bits per heavy atom. The smallest absolute Gasteiger partial charge is 0.211 e. The molecule has 0 radical (unpaired) electrons. The van der Waals surface area contributed by atoms with Gasteiger partial charge in [0.1, 0.15) is 0 Å². The van der Waals surface area contributed by atoms with Crippen LogP contribution in [0.1, 0.15) is 36.3 Å². The van der Waals surface area contributed by atoms with Crippen LogP contribution in [0.2, 0.25) is 0 Å². The molecule has 7 nitrogen and oxygen atoms in total. The Labute approximate surface area is 143 Å². The van der Waals surface area contributed by atoms with Gasteiger partial charge in [-0.1, -0.05) is 12.5 Å². The van der Waals surface area contributed by atoms with Gasteiger partial charge in [0.25, 0.3) is 0 Å². The Kier molecular flexibility index (Phi) is 4.07. The highest BCUT2D eigenvalue weighted by molar-refractivity contribution is 5.82. The molecule has 0 bridgehead atoms. The Bertz CT molecular complexity index is 644. The molecule has 0 amide bonds. The molecule has 1 saturated heterocycles. The van der Waals surface area contributed by atoms with Gasteiger partial charge in [-0.15, -0.1) is 0 Å². The summed E-state index contributed by atoms with van der Waals surface area (Å²) in [5.74, 6) is 0.912. The molecule has 0 saturated carbocycles. The standard InChI is InChI=1S/C17H27N7/c1-23-7-3-2-4-15(23)14-10-20-9-11-8-12(5-6-13(11)14)24-17(19)21-16(18)22-24/h5-6,8,14-15,17,20H,2-4,7,9-10,19H2,1H3,(H3,18,21,22). The van der Waals surface area contributed by atoms with Crippen molar-refractivity contribution in [2.45, 2.75) is 44.1 Å². The average molecular weight is 329 g/mol. The quantitative estimate of drug-likeness (QED) is 0.621. The summed E-state index contributed by atoms with van der Waals surface area (Å²) in [5, 5.41) is 5.41. The fourth-order valence-corrected chi connectivity index (χ4v) is 4.32. The minimum absolute atomic E-state index is 0.361. The lowest BCUT2D eigenvalue weighted by molar-refractivity contribution is 0.154. The molecule has 0 spiro atoms. The first-order valence-electron chi connectivity index (χ1n) is 8.82. The van der Waals surface area contributed by atoms with E-state index in [0.29, 0.717) is 17.9 Å². The second-order valence-corrected chi connectivity index (χ2v) is 7.07. The molecule has 130 valence electrons. The molecule has 3 unspecified atom stereocenters. The van der Waals surface area contributed by atoms with Crippen molar-refractivity contribution in [3.05, 3.63) is 29.3 Å². The van der Waals surface area contributed by atoms with Gasteiger partial charge in [0.15, 0.2) is 6.29 Å². The van der Waals surface area contributed by atoms with E-state index in [4.69, 9.17) is 11.5 Å². The molecule has 3 aliphatic rings. The van der Waals surface area contributed by atoms with E-state index >= 15 is 0 Å². The number of hydrogen-bond acceptors (Lipinski definition) is 7. The zero-order valence-electron chi connectivity index (χ0n) is 14.2. The van der Waals surface area contributed by atoms with Crippen molar-refractivity contribution in [1.29, 1.82) is 0 Å². The number of nitrogens with zero attached hydrogens (tertiary/aromatic N) is 3. The summed E-state index contributed by atoms with van der Waals surface area (Å²) < 4.78 is 0. The third-order valence-corrected chi connectivity index (χ3v) is 5.55. The van der Waals surface area contributed by atoms with Crippen molar-refractivity contribution >= 4 is 11.6 Å². The molecule has 4 rings (SSSR count). The van der Waals surface area contributed by atoms with Gasteiger partial charge in [0.05, 0.1) is 5.69 Å². The van der Waals surface area contributed by atoms with Crippen LogP contribution >= 0.6 is 0 Å². The molecule has 24 heavy (non-hydrogen) atoms. The Balaban J connectivity index is 1.60. The molecule has 7 heteroatoms. The topological polar surface area (TPSA) is 94.9 Å². The van der Waals surface area contributed by atoms with Crippen LogP contribution in [0.15, 0.2) is 23.2 Å². The number of guanidine groups is 1. The number of benzene rings is 1. The maximum Gasteiger partial charge on any atom is 0.211 e. The predicted molar refractivity (Wildman–Crippen MR) is 96.4 cm³/mol. The Hall–Kier alpha value is -1.83. The first-order chi connectivity index (χ1) is 11.6. The summed E-state index contributed by atoms with van der Waals surface area (Å²) >= 11 is 0. The number of aliphatic imine (C=N–C) groups is 1. The van der Waals surface area contributed by atoms with Crippen molar-refractivity contribution in [3.63, 3.8) is 0 Å². The highest BCUT2D eigenvalue weighted by Crippen LogP contribution is 2.35. The zero-order valence-corrected chi connectivity index (χ0v) is 14.2. The molecule has 6 N–H and O–H groups in total. The second-order valence-electron chi connectivity index (χ2n) is 7.07. The summed E-state index contributed by atoms with van der Waals surface area (Å²) in [5.41, 5.74) is 18.6. The summed E-state index contributed by atoms with van der Waals surface area (Å²) in [4.78, 5) is 6.65. The predicted octanol–water partition coefficient (Wildman–Crippen LogP) is 0.239. The first-order valence-corrected chi connectivity index (χ1v) is 8.82. The van der Waals surface area contributed by atoms with Crippen molar-refractivity contribution in [2.75, 3.05) is 25.1 Å². The second kappa shape index (κ2) is 6.23. The number of likely N-dealkylation sites (N-methyl/N-ethyl adjacent to an activating group) is 1. The summed E-state index contributed by atoms with van der Waals surface area (Å²) in [6, 6.07) is 7.23. The molecule has 0 aliphatic carbocycles. The lowest BCUT2D eigenvalue weighted by atomic mass is 9.81. The molecule has 3 heterocycles. The number of fused-ring (bicyclic) bond motifs is 1. The molecule has 1 fully saturated rings. The number of nitrogens with two attached hydrogens (primary N) is 2. The van der Waals surface area contributed by atoms with E-state index in [-0.39, 0.29) is 0 Å². The highest BCUT2D eigenvalue weighted by atomic mass is 15.6. The van der Waals surface area contributed by atoms with Crippen molar-refractivity contribution in [1.82, 2.24) is 15.6 Å². The van der Waals surface area contributed by atoms with Crippen LogP contribution in [0.3, 0.4) is 0 Å². The number of likely N-dealkylation sites (tertiary alicyclic amines) is 1. The van der Waals surface area contributed by atoms with Crippen LogP contribution in [-0.4, -0.2) is 43.3 Å². The Morgan fingerprint density at radius 3 is 2.92 bits per heavy atom. The van der Waals surface area contributed by atoms with E-state index in [1.807, 2.05) is 5.01 Å². The van der Waals surface area contributed by atoms with E-state index in [9.17, 15) is 0 Å². The summed E-state index contributed by atoms with van der Waals surface area (Å²) in [6.07, 6.45) is 3.47. The van der Waals surface area contributed by atoms with E-state index in [1.165, 1.54) is 36.9 Å². The largest absolute Gasteiger partial charge is 0.368 e. The third-order valence-electron chi connectivity index (χ3n) is 5.55. The van der Waals surface area contributed by atoms with Gasteiger partial charge in [-0.25, -0.2) is 10.0 Å². The summed E-state index contributed by atoms with van der Waals surface area (Å²) in [7, 11) is 2.26. The van der Waals surface area contributed by atoms with Gasteiger partial charge in [-0.2, -0.15) is 0 Å². The Morgan fingerprint density at radius 1 is 1.29 bits per heavy atom. The normalized spacial score (nSPS) is 30.7. The van der Waals surface area contributed by atoms with Gasteiger partial charge in [0.2, 0.25) is 5.96 Å². The van der Waals surface area contributed by atoms with Gasteiger partial charge in [0, 0.05) is 25.0 Å². The van der Waals surface area contributed by atoms with Crippen LogP contribution < -0.4 is 27.2 Å². The van der Waals surface area contributed by atoms with Crippen molar-refractivity contribution in [3.8, 4) is 0 Å². The maximum absolute atomic E-state index is 6.01. The molecule has 3 atom stereocenters. The molecule has 1 aromatic rings. The van der Waals surface area contributed by atoms with Crippen LogP contribution in [0.5, 0.6) is 0 Å². The van der Waals surface area contributed by atoms with Crippen LogP contribution in [-0.2, 0) is 6.54 Å². The van der Waals surface area contributed by atoms with Crippen LogP contribution in [0.25, 0.3) is 0 Å². The maximum atomic E-state index is 6.01. The molecule has 0 aromatic heterocycles.